The van der Waals surface area contributed by atoms with Gasteiger partial charge in [0.25, 0.3) is 5.79 Å². The smallest absolute Gasteiger partial charge is 0.335 e. The Hall–Kier alpha value is -4.06. The highest BCUT2D eigenvalue weighted by atomic mass is 35.5. The van der Waals surface area contributed by atoms with Gasteiger partial charge >= 0.3 is 5.97 Å². The number of carbonyl (C=O) groups is 1. The molecule has 234 valence electrons. The highest BCUT2D eigenvalue weighted by molar-refractivity contribution is 6.30. The van der Waals surface area contributed by atoms with Crippen molar-refractivity contribution in [1.82, 2.24) is 19.4 Å². The second kappa shape index (κ2) is 10.8. The zero-order valence-electron chi connectivity index (χ0n) is 25.1. The molecular weight excluding hydrogens is 598 g/mol. The molecule has 0 unspecified atom stereocenters. The molecule has 2 saturated heterocycles. The van der Waals surface area contributed by atoms with Crippen molar-refractivity contribution in [1.29, 1.82) is 0 Å². The zero-order chi connectivity index (χ0) is 30.9. The lowest BCUT2D eigenvalue weighted by molar-refractivity contribution is -0.0717. The van der Waals surface area contributed by atoms with Crippen molar-refractivity contribution < 1.29 is 28.8 Å². The number of hydrogen-bond acceptors (Lipinski definition) is 9. The van der Waals surface area contributed by atoms with Crippen LogP contribution in [0.2, 0.25) is 5.02 Å². The molecule has 1 aliphatic carbocycles. The lowest BCUT2D eigenvalue weighted by Crippen LogP contribution is -2.64. The van der Waals surface area contributed by atoms with E-state index in [1.807, 2.05) is 25.1 Å². The number of nitrogens with zero attached hydrogens (tertiary/aromatic N) is 5. The number of imidazole rings is 1. The molecule has 12 heteroatoms. The summed E-state index contributed by atoms with van der Waals surface area (Å²) in [6.07, 6.45) is 4.82. The third-order valence-corrected chi connectivity index (χ3v) is 9.87. The van der Waals surface area contributed by atoms with Crippen LogP contribution in [0.3, 0.4) is 0 Å². The van der Waals surface area contributed by atoms with E-state index in [1.54, 1.807) is 31.5 Å². The van der Waals surface area contributed by atoms with E-state index in [2.05, 4.69) is 25.4 Å². The Morgan fingerprint density at radius 3 is 2.67 bits per heavy atom. The van der Waals surface area contributed by atoms with E-state index >= 15 is 0 Å². The number of aromatic nitrogens is 3. The molecule has 2 aromatic carbocycles. The Morgan fingerprint density at radius 1 is 1.13 bits per heavy atom. The quantitative estimate of drug-likeness (QED) is 0.283. The lowest BCUT2D eigenvalue weighted by atomic mass is 9.81. The summed E-state index contributed by atoms with van der Waals surface area (Å²) in [5.74, 6) is 0.750. The number of carboxylic acid groups (broad SMARTS) is 1. The Labute approximate surface area is 265 Å². The maximum absolute atomic E-state index is 11.9. The summed E-state index contributed by atoms with van der Waals surface area (Å²) in [6.45, 7) is 5.55. The molecule has 3 fully saturated rings. The zero-order valence-corrected chi connectivity index (χ0v) is 25.9. The molecule has 2 aromatic heterocycles. The first-order chi connectivity index (χ1) is 21.8. The second-order valence-electron chi connectivity index (χ2n) is 12.3. The van der Waals surface area contributed by atoms with Crippen LogP contribution in [0.5, 0.6) is 17.2 Å². The van der Waals surface area contributed by atoms with Gasteiger partial charge in [0.05, 0.1) is 48.1 Å². The third-order valence-electron chi connectivity index (χ3n) is 9.65. The molecule has 8 rings (SSSR count). The van der Waals surface area contributed by atoms with Gasteiger partial charge in [0.15, 0.2) is 11.5 Å². The topological polar surface area (TPSA) is 111 Å². The number of halogens is 1. The molecule has 4 aromatic rings. The first-order valence-corrected chi connectivity index (χ1v) is 15.7. The van der Waals surface area contributed by atoms with E-state index in [4.69, 9.17) is 35.5 Å². The number of benzene rings is 2. The number of aromatic carboxylic acids is 1. The van der Waals surface area contributed by atoms with Gasteiger partial charge in [0, 0.05) is 44.9 Å². The number of rotatable bonds is 8. The summed E-state index contributed by atoms with van der Waals surface area (Å²) in [6, 6.07) is 13.6. The summed E-state index contributed by atoms with van der Waals surface area (Å²) < 4.78 is 26.4. The highest BCUT2D eigenvalue weighted by Crippen LogP contribution is 2.51. The minimum atomic E-state index is -1.05. The molecule has 5 heterocycles. The molecule has 1 saturated carbocycles. The number of para-hydroxylation sites is 1. The van der Waals surface area contributed by atoms with Crippen molar-refractivity contribution in [2.75, 3.05) is 31.7 Å². The minimum absolute atomic E-state index is 0.0880. The molecule has 4 aliphatic rings. The van der Waals surface area contributed by atoms with Gasteiger partial charge < -0.3 is 33.5 Å². The Balaban J connectivity index is 1.06. The number of hydrogen-bond donors (Lipinski definition) is 1. The van der Waals surface area contributed by atoms with Crippen LogP contribution in [0.25, 0.3) is 11.0 Å². The monoisotopic (exact) mass is 631 g/mol. The number of fused-ring (bicyclic) bond motifs is 3. The molecule has 0 bridgehead atoms. The van der Waals surface area contributed by atoms with E-state index in [0.29, 0.717) is 52.9 Å². The van der Waals surface area contributed by atoms with Crippen LogP contribution < -0.4 is 19.1 Å². The fourth-order valence-corrected chi connectivity index (χ4v) is 7.17. The molecule has 0 radical (unpaired) electrons. The molecular formula is C33H34ClN5O6. The third kappa shape index (κ3) is 4.76. The van der Waals surface area contributed by atoms with Crippen molar-refractivity contribution in [3.05, 3.63) is 70.8 Å². The van der Waals surface area contributed by atoms with Crippen LogP contribution in [-0.2, 0) is 23.6 Å². The van der Waals surface area contributed by atoms with Crippen molar-refractivity contribution >= 4 is 34.3 Å². The standard InChI is InChI=1S/C33H34ClN5O6/c1-33(28-9-6-20(34)16-35-28)44-26-5-3-4-24(31(26)45-33)38-12-11-37(22-7-8-23(22)38)18-29-36-30-25(39(29)17-21-10-13-43-21)14-19(32(40)41)15-27(30)42-2/h3-6,9,14-16,21-23H,7-8,10-13,17-18H2,1-2H3,(H,40,41)/t21-,22+,23-,33-/m0/s1. The second-order valence-corrected chi connectivity index (χ2v) is 12.7. The van der Waals surface area contributed by atoms with Gasteiger partial charge in [-0.2, -0.15) is 0 Å². The number of anilines is 1. The Bertz CT molecular complexity index is 1790. The maximum Gasteiger partial charge on any atom is 0.335 e. The van der Waals surface area contributed by atoms with E-state index in [1.165, 1.54) is 0 Å². The van der Waals surface area contributed by atoms with Crippen LogP contribution in [-0.4, -0.2) is 75.5 Å². The van der Waals surface area contributed by atoms with Gasteiger partial charge in [-0.3, -0.25) is 9.88 Å². The van der Waals surface area contributed by atoms with Crippen LogP contribution in [0, 0.1) is 0 Å². The Morgan fingerprint density at radius 2 is 1.98 bits per heavy atom. The Kier molecular flexibility index (Phi) is 6.81. The van der Waals surface area contributed by atoms with Crippen molar-refractivity contribution in [2.24, 2.45) is 0 Å². The first kappa shape index (κ1) is 28.4. The fraction of sp³-hybridized carbons (Fsp3) is 0.424. The van der Waals surface area contributed by atoms with Crippen molar-refractivity contribution in [3.63, 3.8) is 0 Å². The number of ether oxygens (including phenoxy) is 4. The maximum atomic E-state index is 11.9. The van der Waals surface area contributed by atoms with Gasteiger partial charge in [0.1, 0.15) is 22.8 Å². The SMILES string of the molecule is COc1cc(C(=O)O)cc2c1nc(CN1CCN(c3cccc4c3O[C@@](C)(c3ccc(Cl)cn3)O4)[C@H]3CC[C@H]31)n2C[C@@H]1CCO1. The minimum Gasteiger partial charge on any atom is -0.494 e. The molecule has 1 N–H and O–H groups in total. The summed E-state index contributed by atoms with van der Waals surface area (Å²) in [5, 5.41) is 10.3. The van der Waals surface area contributed by atoms with Gasteiger partial charge in [-0.25, -0.2) is 9.78 Å². The molecule has 4 atom stereocenters. The highest BCUT2D eigenvalue weighted by Gasteiger charge is 2.47. The lowest BCUT2D eigenvalue weighted by Gasteiger charge is -2.54. The summed E-state index contributed by atoms with van der Waals surface area (Å²) in [7, 11) is 1.55. The number of pyridine rings is 1. The fourth-order valence-electron chi connectivity index (χ4n) is 7.06. The van der Waals surface area contributed by atoms with Gasteiger partial charge in [-0.05, 0) is 55.7 Å². The average Bonchev–Trinajstić information content (AvgIpc) is 3.52. The largest absolute Gasteiger partial charge is 0.494 e. The molecule has 0 spiro atoms. The molecule has 0 amide bonds. The molecule has 11 nitrogen and oxygen atoms in total. The van der Waals surface area contributed by atoms with Crippen LogP contribution in [0.15, 0.2) is 48.7 Å². The van der Waals surface area contributed by atoms with E-state index in [-0.39, 0.29) is 11.7 Å². The van der Waals surface area contributed by atoms with E-state index < -0.39 is 11.8 Å². The van der Waals surface area contributed by atoms with Gasteiger partial charge in [-0.1, -0.05) is 17.7 Å². The van der Waals surface area contributed by atoms with Gasteiger partial charge in [0.2, 0.25) is 0 Å². The first-order valence-electron chi connectivity index (χ1n) is 15.4. The summed E-state index contributed by atoms with van der Waals surface area (Å²) in [4.78, 5) is 26.4. The number of piperazine rings is 1. The van der Waals surface area contributed by atoms with Crippen molar-refractivity contribution in [3.8, 4) is 17.2 Å². The molecule has 3 aliphatic heterocycles. The van der Waals surface area contributed by atoms with Crippen LogP contribution in [0.1, 0.15) is 48.1 Å². The summed E-state index contributed by atoms with van der Waals surface area (Å²) >= 11 is 6.08. The van der Waals surface area contributed by atoms with E-state index in [9.17, 15) is 9.90 Å². The average molecular weight is 632 g/mol. The number of methoxy groups -OCH3 is 1. The molecule has 45 heavy (non-hydrogen) atoms. The van der Waals surface area contributed by atoms with Gasteiger partial charge in [-0.15, -0.1) is 0 Å². The normalized spacial score (nSPS) is 25.5. The van der Waals surface area contributed by atoms with Crippen LogP contribution >= 0.6 is 11.6 Å². The summed E-state index contributed by atoms with van der Waals surface area (Å²) in [5.41, 5.74) is 3.30. The van der Waals surface area contributed by atoms with Crippen LogP contribution in [0.4, 0.5) is 5.69 Å². The number of carboxylic acids is 1. The van der Waals surface area contributed by atoms with Crippen molar-refractivity contribution in [2.45, 2.75) is 63.3 Å². The van der Waals surface area contributed by atoms with E-state index in [0.717, 1.165) is 61.7 Å². The predicted molar refractivity (Wildman–Crippen MR) is 166 cm³/mol. The predicted octanol–water partition coefficient (Wildman–Crippen LogP) is 5.08.